The van der Waals surface area contributed by atoms with Gasteiger partial charge in [0.15, 0.2) is 6.61 Å². The highest BCUT2D eigenvalue weighted by Gasteiger charge is 2.14. The summed E-state index contributed by atoms with van der Waals surface area (Å²) in [6.45, 7) is 1.60. The lowest BCUT2D eigenvalue weighted by atomic mass is 10.1. The van der Waals surface area contributed by atoms with Crippen molar-refractivity contribution in [2.24, 2.45) is 5.73 Å². The first-order valence-electron chi connectivity index (χ1n) is 7.14. The number of primary amides is 1. The van der Waals surface area contributed by atoms with E-state index in [1.54, 1.807) is 18.2 Å². The van der Waals surface area contributed by atoms with Crippen molar-refractivity contribution >= 4 is 35.0 Å². The number of hydrogen-bond donors (Lipinski definition) is 2. The van der Waals surface area contributed by atoms with Gasteiger partial charge in [0.25, 0.3) is 11.8 Å². The fourth-order valence-corrected chi connectivity index (χ4v) is 2.38. The fourth-order valence-electron chi connectivity index (χ4n) is 2.08. The van der Waals surface area contributed by atoms with Crippen molar-refractivity contribution in [1.82, 2.24) is 5.32 Å². The highest BCUT2D eigenvalue weighted by molar-refractivity contribution is 6.31. The van der Waals surface area contributed by atoms with Gasteiger partial charge in [0.1, 0.15) is 5.75 Å². The highest BCUT2D eigenvalue weighted by Crippen LogP contribution is 2.22. The quantitative estimate of drug-likeness (QED) is 0.822. The molecule has 2 aromatic carbocycles. The zero-order valence-electron chi connectivity index (χ0n) is 12.9. The van der Waals surface area contributed by atoms with Crippen molar-refractivity contribution in [1.29, 1.82) is 0 Å². The molecule has 7 heteroatoms. The van der Waals surface area contributed by atoms with Gasteiger partial charge in [0.05, 0.1) is 11.6 Å². The van der Waals surface area contributed by atoms with Gasteiger partial charge in [-0.2, -0.15) is 0 Å². The van der Waals surface area contributed by atoms with Crippen LogP contribution in [0.25, 0.3) is 0 Å². The Bertz CT molecular complexity index is 748. The molecule has 0 spiro atoms. The topological polar surface area (TPSA) is 81.4 Å². The van der Waals surface area contributed by atoms with E-state index in [0.29, 0.717) is 10.0 Å². The zero-order chi connectivity index (χ0) is 17.7. The second kappa shape index (κ2) is 8.04. The summed E-state index contributed by atoms with van der Waals surface area (Å²) in [6.07, 6.45) is 0. The minimum Gasteiger partial charge on any atom is -0.483 e. The predicted molar refractivity (Wildman–Crippen MR) is 93.5 cm³/mol. The molecule has 2 rings (SSSR count). The number of hydrogen-bond acceptors (Lipinski definition) is 3. The van der Waals surface area contributed by atoms with Crippen molar-refractivity contribution in [2.75, 3.05) is 6.61 Å². The number of carbonyl (C=O) groups is 2. The summed E-state index contributed by atoms with van der Waals surface area (Å²) in [5, 5.41) is 3.78. The molecular weight excluding hydrogens is 351 g/mol. The Hall–Kier alpha value is -2.24. The molecule has 0 heterocycles. The van der Waals surface area contributed by atoms with Gasteiger partial charge in [-0.1, -0.05) is 35.3 Å². The van der Waals surface area contributed by atoms with Gasteiger partial charge in [0.2, 0.25) is 0 Å². The van der Waals surface area contributed by atoms with Crippen LogP contribution in [-0.4, -0.2) is 18.4 Å². The molecule has 0 aliphatic carbocycles. The van der Waals surface area contributed by atoms with Crippen LogP contribution in [0.15, 0.2) is 42.5 Å². The third-order valence-corrected chi connectivity index (χ3v) is 3.80. The minimum absolute atomic E-state index is 0.126. The summed E-state index contributed by atoms with van der Waals surface area (Å²) in [5.74, 6) is -0.800. The molecule has 2 aromatic rings. The number of carbonyl (C=O) groups excluding carboxylic acids is 2. The van der Waals surface area contributed by atoms with Gasteiger partial charge >= 0.3 is 0 Å². The minimum atomic E-state index is -0.678. The van der Waals surface area contributed by atoms with Crippen molar-refractivity contribution < 1.29 is 14.3 Å². The fraction of sp³-hybridized carbons (Fsp3) is 0.176. The van der Waals surface area contributed by atoms with E-state index in [0.717, 1.165) is 5.56 Å². The number of benzene rings is 2. The Morgan fingerprint density at radius 3 is 2.38 bits per heavy atom. The van der Waals surface area contributed by atoms with Gasteiger partial charge in [-0.25, -0.2) is 0 Å². The van der Waals surface area contributed by atoms with Gasteiger partial charge in [-0.05, 0) is 42.8 Å². The van der Waals surface area contributed by atoms with Crippen molar-refractivity contribution in [3.8, 4) is 5.75 Å². The monoisotopic (exact) mass is 366 g/mol. The van der Waals surface area contributed by atoms with Crippen LogP contribution >= 0.6 is 23.2 Å². The molecule has 0 bridgehead atoms. The molecule has 0 aliphatic rings. The molecule has 0 fully saturated rings. The summed E-state index contributed by atoms with van der Waals surface area (Å²) < 4.78 is 5.38. The first kappa shape index (κ1) is 18.1. The number of amides is 2. The van der Waals surface area contributed by atoms with Crippen LogP contribution in [0.2, 0.25) is 10.0 Å². The number of rotatable bonds is 6. The maximum atomic E-state index is 12.0. The maximum absolute atomic E-state index is 12.0. The van der Waals surface area contributed by atoms with Gasteiger partial charge < -0.3 is 15.8 Å². The van der Waals surface area contributed by atoms with E-state index >= 15 is 0 Å². The van der Waals surface area contributed by atoms with E-state index in [-0.39, 0.29) is 29.9 Å². The van der Waals surface area contributed by atoms with Crippen LogP contribution in [0, 0.1) is 0 Å². The molecule has 126 valence electrons. The molecule has 0 unspecified atom stereocenters. The van der Waals surface area contributed by atoms with Gasteiger partial charge in [0, 0.05) is 10.0 Å². The van der Waals surface area contributed by atoms with Crippen LogP contribution in [0.5, 0.6) is 5.75 Å². The second-order valence-corrected chi connectivity index (χ2v) is 6.01. The third-order valence-electron chi connectivity index (χ3n) is 3.31. The summed E-state index contributed by atoms with van der Waals surface area (Å²) in [5.41, 5.74) is 6.31. The Morgan fingerprint density at radius 2 is 1.75 bits per heavy atom. The van der Waals surface area contributed by atoms with E-state index in [1.807, 2.05) is 19.1 Å². The summed E-state index contributed by atoms with van der Waals surface area (Å²) in [4.78, 5) is 23.4. The molecule has 0 radical (unpaired) electrons. The normalized spacial score (nSPS) is 11.6. The number of nitrogens with one attached hydrogen (secondary N) is 1. The molecule has 24 heavy (non-hydrogen) atoms. The van der Waals surface area contributed by atoms with Crippen LogP contribution in [0.1, 0.15) is 28.9 Å². The SMILES string of the molecule is C[C@@H](NC(=O)COc1ccc(Cl)cc1C(N)=O)c1ccc(Cl)cc1. The third kappa shape index (κ3) is 4.88. The van der Waals surface area contributed by atoms with Crippen molar-refractivity contribution in [3.63, 3.8) is 0 Å². The smallest absolute Gasteiger partial charge is 0.258 e. The van der Waals surface area contributed by atoms with E-state index < -0.39 is 5.91 Å². The Kier molecular flexibility index (Phi) is 6.06. The lowest BCUT2D eigenvalue weighted by Crippen LogP contribution is -2.31. The van der Waals surface area contributed by atoms with E-state index in [9.17, 15) is 9.59 Å². The summed E-state index contributed by atoms with van der Waals surface area (Å²) in [6, 6.07) is 11.4. The number of halogens is 2. The van der Waals surface area contributed by atoms with E-state index in [2.05, 4.69) is 5.32 Å². The molecule has 0 aromatic heterocycles. The molecule has 2 amide bonds. The first-order valence-corrected chi connectivity index (χ1v) is 7.89. The highest BCUT2D eigenvalue weighted by atomic mass is 35.5. The van der Waals surface area contributed by atoms with Gasteiger partial charge in [-0.3, -0.25) is 9.59 Å². The van der Waals surface area contributed by atoms with Crippen LogP contribution in [0.4, 0.5) is 0 Å². The van der Waals surface area contributed by atoms with E-state index in [4.69, 9.17) is 33.7 Å². The Labute approximate surface area is 149 Å². The lowest BCUT2D eigenvalue weighted by Gasteiger charge is -2.15. The molecule has 0 aliphatic heterocycles. The molecule has 5 nitrogen and oxygen atoms in total. The lowest BCUT2D eigenvalue weighted by molar-refractivity contribution is -0.123. The van der Waals surface area contributed by atoms with Crippen LogP contribution < -0.4 is 15.8 Å². The predicted octanol–water partition coefficient (Wildman–Crippen LogP) is 3.35. The molecule has 0 saturated heterocycles. The standard InChI is InChI=1S/C17H16Cl2N2O3/c1-10(11-2-4-12(18)5-3-11)21-16(22)9-24-15-7-6-13(19)8-14(15)17(20)23/h2-8,10H,9H2,1H3,(H2,20,23)(H,21,22)/t10-/m1/s1. The van der Waals surface area contributed by atoms with Gasteiger partial charge in [-0.15, -0.1) is 0 Å². The molecule has 3 N–H and O–H groups in total. The number of nitrogens with two attached hydrogens (primary N) is 1. The summed E-state index contributed by atoms with van der Waals surface area (Å²) >= 11 is 11.7. The average Bonchev–Trinajstić information content (AvgIpc) is 2.54. The zero-order valence-corrected chi connectivity index (χ0v) is 14.4. The average molecular weight is 367 g/mol. The van der Waals surface area contributed by atoms with E-state index in [1.165, 1.54) is 12.1 Å². The van der Waals surface area contributed by atoms with Crippen molar-refractivity contribution in [2.45, 2.75) is 13.0 Å². The first-order chi connectivity index (χ1) is 11.4. The summed E-state index contributed by atoms with van der Waals surface area (Å²) in [7, 11) is 0. The maximum Gasteiger partial charge on any atom is 0.258 e. The molecule has 1 atom stereocenters. The van der Waals surface area contributed by atoms with Crippen molar-refractivity contribution in [3.05, 3.63) is 63.6 Å². The largest absolute Gasteiger partial charge is 0.483 e. The molecular formula is C17H16Cl2N2O3. The van der Waals surface area contributed by atoms with Crippen LogP contribution in [-0.2, 0) is 4.79 Å². The number of ether oxygens (including phenoxy) is 1. The molecule has 0 saturated carbocycles. The Balaban J connectivity index is 1.96. The second-order valence-electron chi connectivity index (χ2n) is 5.13. The van der Waals surface area contributed by atoms with Crippen LogP contribution in [0.3, 0.4) is 0 Å². The Morgan fingerprint density at radius 1 is 1.12 bits per heavy atom.